The maximum Gasteiger partial charge on any atom is 0.303 e. The molecule has 1 aliphatic heterocycles. The van der Waals surface area contributed by atoms with Crippen molar-refractivity contribution in [2.75, 3.05) is 7.11 Å². The Hall–Kier alpha value is -0.650. The monoisotopic (exact) mass is 204 g/mol. The number of carbonyl (C=O) groups is 1. The molecule has 0 bridgehead atoms. The van der Waals surface area contributed by atoms with Gasteiger partial charge in [0.15, 0.2) is 12.4 Å². The van der Waals surface area contributed by atoms with Crippen LogP contribution in [-0.2, 0) is 19.0 Å². The standard InChI is InChI=1S/C9H16O5/c1-5-9(14-6(2)10)7(11)4-8(12-3)13-5/h5,7-9,11H,4H2,1-3H3/t5-,7+,8+,9-/m0/s1. The Bertz CT molecular complexity index is 193. The molecule has 0 aliphatic carbocycles. The summed E-state index contributed by atoms with van der Waals surface area (Å²) in [6.45, 7) is 3.05. The predicted molar refractivity (Wildman–Crippen MR) is 47.5 cm³/mol. The number of carbonyl (C=O) groups excluding carboxylic acids is 1. The van der Waals surface area contributed by atoms with Gasteiger partial charge in [-0.15, -0.1) is 0 Å². The average Bonchev–Trinajstić information content (AvgIpc) is 2.10. The van der Waals surface area contributed by atoms with Crippen molar-refractivity contribution in [3.63, 3.8) is 0 Å². The highest BCUT2D eigenvalue weighted by Gasteiger charge is 2.37. The molecule has 14 heavy (non-hydrogen) atoms. The van der Waals surface area contributed by atoms with E-state index in [1.807, 2.05) is 0 Å². The molecule has 0 aromatic rings. The van der Waals surface area contributed by atoms with Gasteiger partial charge in [0.2, 0.25) is 0 Å². The summed E-state index contributed by atoms with van der Waals surface area (Å²) in [5, 5.41) is 9.65. The number of aliphatic hydroxyl groups excluding tert-OH is 1. The molecule has 1 saturated heterocycles. The Kier molecular flexibility index (Phi) is 3.86. The van der Waals surface area contributed by atoms with Crippen LogP contribution in [0.15, 0.2) is 0 Å². The van der Waals surface area contributed by atoms with Crippen LogP contribution in [0.5, 0.6) is 0 Å². The molecule has 5 nitrogen and oxygen atoms in total. The summed E-state index contributed by atoms with van der Waals surface area (Å²) in [5.41, 5.74) is 0. The maximum absolute atomic E-state index is 10.7. The highest BCUT2D eigenvalue weighted by molar-refractivity contribution is 5.66. The first kappa shape index (κ1) is 11.4. The third-order valence-corrected chi connectivity index (χ3v) is 2.21. The summed E-state index contributed by atoms with van der Waals surface area (Å²) in [7, 11) is 1.51. The van der Waals surface area contributed by atoms with Crippen LogP contribution in [0.3, 0.4) is 0 Å². The molecule has 0 saturated carbocycles. The van der Waals surface area contributed by atoms with Crippen LogP contribution in [0.25, 0.3) is 0 Å². The van der Waals surface area contributed by atoms with Gasteiger partial charge in [-0.05, 0) is 6.92 Å². The summed E-state index contributed by atoms with van der Waals surface area (Å²) in [5.74, 6) is -0.416. The first-order valence-electron chi connectivity index (χ1n) is 4.58. The Morgan fingerprint density at radius 1 is 1.57 bits per heavy atom. The summed E-state index contributed by atoms with van der Waals surface area (Å²) < 4.78 is 15.3. The van der Waals surface area contributed by atoms with Crippen LogP contribution >= 0.6 is 0 Å². The topological polar surface area (TPSA) is 65.0 Å². The molecule has 5 heteroatoms. The minimum atomic E-state index is -0.729. The van der Waals surface area contributed by atoms with Crippen LogP contribution in [0, 0.1) is 0 Å². The molecule has 1 rings (SSSR count). The molecule has 4 atom stereocenters. The Morgan fingerprint density at radius 2 is 2.21 bits per heavy atom. The van der Waals surface area contributed by atoms with Gasteiger partial charge in [0.1, 0.15) is 0 Å². The van der Waals surface area contributed by atoms with Crippen molar-refractivity contribution in [2.45, 2.75) is 44.9 Å². The van der Waals surface area contributed by atoms with Crippen LogP contribution in [0.2, 0.25) is 0 Å². The quantitative estimate of drug-likeness (QED) is 0.644. The van der Waals surface area contributed by atoms with Crippen LogP contribution in [-0.4, -0.2) is 42.8 Å². The van der Waals surface area contributed by atoms with Crippen LogP contribution in [0.4, 0.5) is 0 Å². The molecule has 0 aromatic carbocycles. The van der Waals surface area contributed by atoms with E-state index in [2.05, 4.69) is 0 Å². The molecular formula is C9H16O5. The fourth-order valence-corrected chi connectivity index (χ4v) is 1.53. The summed E-state index contributed by atoms with van der Waals surface area (Å²) in [4.78, 5) is 10.7. The molecular weight excluding hydrogens is 188 g/mol. The third-order valence-electron chi connectivity index (χ3n) is 2.21. The van der Waals surface area contributed by atoms with Crippen LogP contribution in [0.1, 0.15) is 20.3 Å². The molecule has 0 amide bonds. The number of hydrogen-bond acceptors (Lipinski definition) is 5. The minimum Gasteiger partial charge on any atom is -0.457 e. The van der Waals surface area contributed by atoms with Gasteiger partial charge in [0.25, 0.3) is 0 Å². The van der Waals surface area contributed by atoms with Crippen molar-refractivity contribution in [2.24, 2.45) is 0 Å². The molecule has 0 aromatic heterocycles. The van der Waals surface area contributed by atoms with E-state index in [4.69, 9.17) is 14.2 Å². The second-order valence-electron chi connectivity index (χ2n) is 3.38. The lowest BCUT2D eigenvalue weighted by Crippen LogP contribution is -2.49. The average molecular weight is 204 g/mol. The van der Waals surface area contributed by atoms with Crippen molar-refractivity contribution in [1.29, 1.82) is 0 Å². The second-order valence-corrected chi connectivity index (χ2v) is 3.38. The van der Waals surface area contributed by atoms with Gasteiger partial charge < -0.3 is 19.3 Å². The number of methoxy groups -OCH3 is 1. The lowest BCUT2D eigenvalue weighted by Gasteiger charge is -2.36. The molecule has 1 N–H and O–H groups in total. The van der Waals surface area contributed by atoms with Crippen molar-refractivity contribution in [1.82, 2.24) is 0 Å². The van der Waals surface area contributed by atoms with Crippen molar-refractivity contribution in [3.05, 3.63) is 0 Å². The van der Waals surface area contributed by atoms with Gasteiger partial charge in [0.05, 0.1) is 12.2 Å². The van der Waals surface area contributed by atoms with Gasteiger partial charge in [-0.2, -0.15) is 0 Å². The van der Waals surface area contributed by atoms with E-state index in [-0.39, 0.29) is 6.10 Å². The zero-order valence-corrected chi connectivity index (χ0v) is 8.60. The fourth-order valence-electron chi connectivity index (χ4n) is 1.53. The van der Waals surface area contributed by atoms with Gasteiger partial charge >= 0.3 is 5.97 Å². The van der Waals surface area contributed by atoms with Gasteiger partial charge in [-0.1, -0.05) is 0 Å². The molecule has 1 aliphatic rings. The summed E-state index contributed by atoms with van der Waals surface area (Å²) in [6, 6.07) is 0. The van der Waals surface area contributed by atoms with E-state index < -0.39 is 24.5 Å². The largest absolute Gasteiger partial charge is 0.457 e. The van der Waals surface area contributed by atoms with Crippen molar-refractivity contribution >= 4 is 5.97 Å². The normalized spacial score (nSPS) is 38.0. The lowest BCUT2D eigenvalue weighted by molar-refractivity contribution is -0.244. The Morgan fingerprint density at radius 3 is 2.64 bits per heavy atom. The Balaban J connectivity index is 2.55. The van der Waals surface area contributed by atoms with Gasteiger partial charge in [0, 0.05) is 20.5 Å². The number of rotatable bonds is 2. The van der Waals surface area contributed by atoms with Crippen LogP contribution < -0.4 is 0 Å². The Labute approximate surface area is 82.9 Å². The van der Waals surface area contributed by atoms with Crippen molar-refractivity contribution < 1.29 is 24.1 Å². The van der Waals surface area contributed by atoms with E-state index >= 15 is 0 Å². The maximum atomic E-state index is 10.7. The highest BCUT2D eigenvalue weighted by atomic mass is 16.7. The molecule has 1 heterocycles. The fraction of sp³-hybridized carbons (Fsp3) is 0.889. The third kappa shape index (κ3) is 2.67. The summed E-state index contributed by atoms with van der Waals surface area (Å²) in [6.07, 6.45) is -1.79. The van der Waals surface area contributed by atoms with E-state index in [1.54, 1.807) is 6.92 Å². The number of hydrogen-bond donors (Lipinski definition) is 1. The smallest absolute Gasteiger partial charge is 0.303 e. The second kappa shape index (κ2) is 4.72. The molecule has 0 spiro atoms. The molecule has 82 valence electrons. The SMILES string of the molecule is CO[C@H]1C[C@@H](O)[C@@H](OC(C)=O)[C@H](C)O1. The van der Waals surface area contributed by atoms with E-state index in [9.17, 15) is 9.90 Å². The number of aliphatic hydroxyl groups is 1. The number of ether oxygens (including phenoxy) is 3. The first-order chi connectivity index (χ1) is 6.54. The van der Waals surface area contributed by atoms with Crippen molar-refractivity contribution in [3.8, 4) is 0 Å². The molecule has 0 radical (unpaired) electrons. The molecule has 0 unspecified atom stereocenters. The van der Waals surface area contributed by atoms with Gasteiger partial charge in [-0.25, -0.2) is 0 Å². The van der Waals surface area contributed by atoms with E-state index in [0.29, 0.717) is 6.42 Å². The minimum absolute atomic E-state index is 0.318. The zero-order valence-electron chi connectivity index (χ0n) is 8.60. The van der Waals surface area contributed by atoms with E-state index in [1.165, 1.54) is 14.0 Å². The zero-order chi connectivity index (χ0) is 10.7. The lowest BCUT2D eigenvalue weighted by atomic mass is 10.0. The summed E-state index contributed by atoms with van der Waals surface area (Å²) >= 11 is 0. The number of esters is 1. The predicted octanol–water partition coefficient (Wildman–Crippen LogP) is 0.0603. The first-order valence-corrected chi connectivity index (χ1v) is 4.58. The highest BCUT2D eigenvalue weighted by Crippen LogP contribution is 2.22. The molecule has 1 fully saturated rings. The van der Waals surface area contributed by atoms with E-state index in [0.717, 1.165) is 0 Å². The van der Waals surface area contributed by atoms with Gasteiger partial charge in [-0.3, -0.25) is 4.79 Å².